The second-order valence-corrected chi connectivity index (χ2v) is 5.57. The molecule has 0 saturated heterocycles. The van der Waals surface area contributed by atoms with Gasteiger partial charge in [-0.2, -0.15) is 0 Å². The Hall–Kier alpha value is -1.75. The van der Waals surface area contributed by atoms with Crippen molar-refractivity contribution in [3.63, 3.8) is 0 Å². The first kappa shape index (κ1) is 12.3. The fraction of sp³-hybridized carbons (Fsp3) is 0.214. The Morgan fingerprint density at radius 1 is 1.26 bits per heavy atom. The highest BCUT2D eigenvalue weighted by molar-refractivity contribution is 7.10. The van der Waals surface area contributed by atoms with Gasteiger partial charge in [0.2, 0.25) is 0 Å². The van der Waals surface area contributed by atoms with E-state index in [0.717, 1.165) is 25.0 Å². The van der Waals surface area contributed by atoms with Crippen LogP contribution in [0.1, 0.15) is 20.8 Å². The summed E-state index contributed by atoms with van der Waals surface area (Å²) in [6, 6.07) is 5.03. The molecule has 1 aliphatic rings. The third-order valence-electron chi connectivity index (χ3n) is 3.25. The van der Waals surface area contributed by atoms with Crippen molar-refractivity contribution in [2.24, 2.45) is 0 Å². The Kier molecular flexibility index (Phi) is 3.06. The first-order chi connectivity index (χ1) is 9.13. The molecule has 1 heterocycles. The summed E-state index contributed by atoms with van der Waals surface area (Å²) in [5.41, 5.74) is 1.13. The fourth-order valence-electron chi connectivity index (χ4n) is 2.33. The lowest BCUT2D eigenvalue weighted by molar-refractivity contribution is 0.0934. The highest BCUT2D eigenvalue weighted by atomic mass is 32.1. The third kappa shape index (κ3) is 2.38. The molecule has 19 heavy (non-hydrogen) atoms. The maximum atomic E-state index is 13.5. The number of thiophene rings is 1. The molecule has 1 aromatic heterocycles. The fourth-order valence-corrected chi connectivity index (χ4v) is 3.32. The molecule has 3 rings (SSSR count). The number of halogens is 2. The summed E-state index contributed by atoms with van der Waals surface area (Å²) in [6.45, 7) is 0. The molecule has 0 radical (unpaired) electrons. The Bertz CT molecular complexity index is 618. The maximum Gasteiger partial charge on any atom is 0.254 e. The van der Waals surface area contributed by atoms with Crippen LogP contribution in [0.5, 0.6) is 0 Å². The Morgan fingerprint density at radius 2 is 2.11 bits per heavy atom. The largest absolute Gasteiger partial charge is 0.349 e. The molecule has 0 spiro atoms. The maximum absolute atomic E-state index is 13.5. The number of hydrogen-bond donors (Lipinski definition) is 1. The van der Waals surface area contributed by atoms with Crippen molar-refractivity contribution in [3.05, 3.63) is 57.3 Å². The summed E-state index contributed by atoms with van der Waals surface area (Å²) >= 11 is 1.67. The van der Waals surface area contributed by atoms with E-state index in [2.05, 4.69) is 5.32 Å². The lowest BCUT2D eigenvalue weighted by Crippen LogP contribution is -2.35. The van der Waals surface area contributed by atoms with Gasteiger partial charge >= 0.3 is 0 Å². The van der Waals surface area contributed by atoms with E-state index >= 15 is 0 Å². The van der Waals surface area contributed by atoms with E-state index in [1.165, 1.54) is 16.5 Å². The summed E-state index contributed by atoms with van der Waals surface area (Å²) in [6.07, 6.45) is 1.55. The summed E-state index contributed by atoms with van der Waals surface area (Å²) < 4.78 is 26.3. The van der Waals surface area contributed by atoms with E-state index in [1.807, 2.05) is 11.4 Å². The Balaban J connectivity index is 1.71. The summed E-state index contributed by atoms with van der Waals surface area (Å²) in [5.74, 6) is -2.00. The lowest BCUT2D eigenvalue weighted by atomic mass is 10.1. The van der Waals surface area contributed by atoms with Crippen LogP contribution in [0.2, 0.25) is 0 Å². The number of rotatable bonds is 2. The zero-order valence-electron chi connectivity index (χ0n) is 9.95. The average Bonchev–Trinajstić information content (AvgIpc) is 2.89. The predicted molar refractivity (Wildman–Crippen MR) is 69.3 cm³/mol. The van der Waals surface area contributed by atoms with Gasteiger partial charge in [-0.3, -0.25) is 4.79 Å². The van der Waals surface area contributed by atoms with Gasteiger partial charge in [0.05, 0.1) is 5.56 Å². The molecule has 1 atom stereocenters. The normalized spacial score (nSPS) is 17.3. The molecule has 0 fully saturated rings. The van der Waals surface area contributed by atoms with Gasteiger partial charge in [0.15, 0.2) is 0 Å². The van der Waals surface area contributed by atoms with Gasteiger partial charge in [-0.15, -0.1) is 11.3 Å². The monoisotopic (exact) mass is 279 g/mol. The number of hydrogen-bond acceptors (Lipinski definition) is 2. The number of carbonyl (C=O) groups is 1. The summed E-state index contributed by atoms with van der Waals surface area (Å²) in [5, 5.41) is 4.82. The van der Waals surface area contributed by atoms with Gasteiger partial charge in [-0.05, 0) is 35.6 Å². The minimum atomic E-state index is -0.828. The third-order valence-corrected chi connectivity index (χ3v) is 4.23. The quantitative estimate of drug-likeness (QED) is 0.899. The summed E-state index contributed by atoms with van der Waals surface area (Å²) in [4.78, 5) is 13.2. The second-order valence-electron chi connectivity index (χ2n) is 4.57. The van der Waals surface area contributed by atoms with Crippen molar-refractivity contribution in [1.29, 1.82) is 0 Å². The molecule has 98 valence electrons. The lowest BCUT2D eigenvalue weighted by Gasteiger charge is -2.12. The highest BCUT2D eigenvalue weighted by Gasteiger charge is 2.25. The van der Waals surface area contributed by atoms with Crippen molar-refractivity contribution in [2.75, 3.05) is 0 Å². The van der Waals surface area contributed by atoms with Crippen LogP contribution in [0.3, 0.4) is 0 Å². The van der Waals surface area contributed by atoms with Crippen LogP contribution in [-0.4, -0.2) is 11.9 Å². The second kappa shape index (κ2) is 4.74. The van der Waals surface area contributed by atoms with Crippen LogP contribution in [0.4, 0.5) is 8.78 Å². The molecule has 1 aliphatic carbocycles. The number of nitrogens with one attached hydrogen (secondary N) is 1. The van der Waals surface area contributed by atoms with Gasteiger partial charge in [-0.1, -0.05) is 0 Å². The van der Waals surface area contributed by atoms with Gasteiger partial charge in [0, 0.05) is 23.4 Å². The molecule has 2 nitrogen and oxygen atoms in total. The molecule has 1 N–H and O–H groups in total. The molecule has 1 amide bonds. The average molecular weight is 279 g/mol. The van der Waals surface area contributed by atoms with Crippen molar-refractivity contribution in [2.45, 2.75) is 18.9 Å². The molecule has 0 aliphatic heterocycles. The SMILES string of the molecule is O=C(NC1Cc2ccsc2C1)c1ccc(F)cc1F. The minimum absolute atomic E-state index is 0.000553. The van der Waals surface area contributed by atoms with E-state index in [-0.39, 0.29) is 11.6 Å². The topological polar surface area (TPSA) is 29.1 Å². The van der Waals surface area contributed by atoms with Crippen LogP contribution >= 0.6 is 11.3 Å². The number of benzene rings is 1. The predicted octanol–water partition coefficient (Wildman–Crippen LogP) is 2.92. The Morgan fingerprint density at radius 3 is 2.84 bits per heavy atom. The van der Waals surface area contributed by atoms with Crippen LogP contribution in [0, 0.1) is 11.6 Å². The zero-order valence-corrected chi connectivity index (χ0v) is 10.8. The van der Waals surface area contributed by atoms with Gasteiger partial charge in [-0.25, -0.2) is 8.78 Å². The van der Waals surface area contributed by atoms with Crippen molar-refractivity contribution in [1.82, 2.24) is 5.32 Å². The van der Waals surface area contributed by atoms with Crippen LogP contribution < -0.4 is 5.32 Å². The standard InChI is InChI=1S/C14H11F2NOS/c15-9-1-2-11(12(16)6-9)14(18)17-10-5-8-3-4-19-13(8)7-10/h1-4,6,10H,5,7H2,(H,17,18). The first-order valence-corrected chi connectivity index (χ1v) is 6.82. The van der Waals surface area contributed by atoms with Gasteiger partial charge in [0.1, 0.15) is 11.6 Å². The minimum Gasteiger partial charge on any atom is -0.349 e. The Labute approximate surface area is 113 Å². The van der Waals surface area contributed by atoms with Gasteiger partial charge < -0.3 is 5.32 Å². The smallest absolute Gasteiger partial charge is 0.254 e. The van der Waals surface area contributed by atoms with Crippen LogP contribution in [0.25, 0.3) is 0 Å². The highest BCUT2D eigenvalue weighted by Crippen LogP contribution is 2.27. The molecule has 1 aromatic carbocycles. The molecule has 0 bridgehead atoms. The molecule has 2 aromatic rings. The molecular weight excluding hydrogens is 268 g/mol. The van der Waals surface area contributed by atoms with E-state index in [9.17, 15) is 13.6 Å². The van der Waals surface area contributed by atoms with E-state index in [0.29, 0.717) is 0 Å². The van der Waals surface area contributed by atoms with Crippen LogP contribution in [-0.2, 0) is 12.8 Å². The van der Waals surface area contributed by atoms with E-state index < -0.39 is 17.5 Å². The van der Waals surface area contributed by atoms with Crippen LogP contribution in [0.15, 0.2) is 29.6 Å². The molecule has 1 unspecified atom stereocenters. The van der Waals surface area contributed by atoms with Gasteiger partial charge in [0.25, 0.3) is 5.91 Å². The van der Waals surface area contributed by atoms with Crippen molar-refractivity contribution in [3.8, 4) is 0 Å². The number of amides is 1. The first-order valence-electron chi connectivity index (χ1n) is 5.94. The molecular formula is C14H11F2NOS. The van der Waals surface area contributed by atoms with Crippen molar-refractivity contribution >= 4 is 17.2 Å². The molecule has 0 saturated carbocycles. The van der Waals surface area contributed by atoms with E-state index in [1.54, 1.807) is 11.3 Å². The molecule has 5 heteroatoms. The summed E-state index contributed by atoms with van der Waals surface area (Å²) in [7, 11) is 0. The number of carbonyl (C=O) groups excluding carboxylic acids is 1. The van der Waals surface area contributed by atoms with Crippen molar-refractivity contribution < 1.29 is 13.6 Å². The zero-order chi connectivity index (χ0) is 13.4. The number of fused-ring (bicyclic) bond motifs is 1. The van der Waals surface area contributed by atoms with E-state index in [4.69, 9.17) is 0 Å².